The Morgan fingerprint density at radius 3 is 2.18 bits per heavy atom. The van der Waals surface area contributed by atoms with Crippen LogP contribution in [0.1, 0.15) is 74.1 Å². The van der Waals surface area contributed by atoms with Gasteiger partial charge in [0.25, 0.3) is 5.91 Å². The summed E-state index contributed by atoms with van der Waals surface area (Å²) in [4.78, 5) is 48.6. The molecule has 3 fully saturated rings. The highest BCUT2D eigenvalue weighted by Gasteiger charge is 2.38. The monoisotopic (exact) mass is 675 g/mol. The first-order chi connectivity index (χ1) is 23.5. The number of aryl methyl sites for hydroxylation is 2. The number of ether oxygens (including phenoxy) is 1. The Labute approximate surface area is 290 Å². The number of rotatable bonds is 7. The van der Waals surface area contributed by atoms with Gasteiger partial charge in [-0.25, -0.2) is 9.59 Å². The zero-order chi connectivity index (χ0) is 34.7. The average molecular weight is 676 g/mol. The Kier molecular flexibility index (Phi) is 10.7. The molecule has 2 aromatic rings. The Balaban J connectivity index is 1.07. The van der Waals surface area contributed by atoms with Crippen LogP contribution in [0.2, 0.25) is 0 Å². The molecule has 0 aliphatic carbocycles. The van der Waals surface area contributed by atoms with Crippen LogP contribution in [-0.4, -0.2) is 117 Å². The number of likely N-dealkylation sites (tertiary alicyclic amines) is 3. The van der Waals surface area contributed by atoms with E-state index in [9.17, 15) is 24.6 Å². The first-order valence-corrected chi connectivity index (χ1v) is 18.2. The Bertz CT molecular complexity index is 1480. The van der Waals surface area contributed by atoms with Crippen molar-refractivity contribution in [2.24, 2.45) is 0 Å². The second-order valence-corrected chi connectivity index (χ2v) is 14.6. The normalized spacial score (nSPS) is 21.5. The summed E-state index contributed by atoms with van der Waals surface area (Å²) in [6.07, 6.45) is 4.78. The van der Waals surface area contributed by atoms with Crippen molar-refractivity contribution >= 4 is 23.7 Å². The summed E-state index contributed by atoms with van der Waals surface area (Å²) >= 11 is 0. The fourth-order valence-corrected chi connectivity index (χ4v) is 8.17. The molecule has 0 bridgehead atoms. The van der Waals surface area contributed by atoms with Crippen LogP contribution in [0.25, 0.3) is 0 Å². The lowest BCUT2D eigenvalue weighted by molar-refractivity contribution is -0.142. The van der Waals surface area contributed by atoms with E-state index >= 15 is 0 Å². The van der Waals surface area contributed by atoms with E-state index in [1.807, 2.05) is 67.0 Å². The highest BCUT2D eigenvalue weighted by molar-refractivity contribution is 5.91. The third-order valence-electron chi connectivity index (χ3n) is 11.5. The van der Waals surface area contributed by atoms with E-state index in [1.54, 1.807) is 4.90 Å². The number of anilines is 1. The van der Waals surface area contributed by atoms with E-state index in [2.05, 4.69) is 10.2 Å². The molecule has 2 aromatic carbocycles. The lowest BCUT2D eigenvalue weighted by Gasteiger charge is -2.44. The van der Waals surface area contributed by atoms with Gasteiger partial charge in [-0.1, -0.05) is 37.3 Å². The van der Waals surface area contributed by atoms with Crippen LogP contribution in [0.5, 0.6) is 5.75 Å². The van der Waals surface area contributed by atoms with Gasteiger partial charge in [0.05, 0.1) is 5.60 Å². The van der Waals surface area contributed by atoms with Crippen LogP contribution in [0.3, 0.4) is 0 Å². The zero-order valence-electron chi connectivity index (χ0n) is 29.3. The summed E-state index contributed by atoms with van der Waals surface area (Å²) in [5.74, 6) is 0.0375. The number of nitrogens with zero attached hydrogens (tertiary/aromatic N) is 4. The molecule has 0 spiro atoms. The van der Waals surface area contributed by atoms with E-state index in [0.29, 0.717) is 62.7 Å². The Morgan fingerprint density at radius 1 is 0.918 bits per heavy atom. The van der Waals surface area contributed by atoms with Gasteiger partial charge in [-0.2, -0.15) is 0 Å². The van der Waals surface area contributed by atoms with Crippen molar-refractivity contribution < 1.29 is 29.3 Å². The molecule has 49 heavy (non-hydrogen) atoms. The van der Waals surface area contributed by atoms with Crippen molar-refractivity contribution in [1.29, 1.82) is 0 Å². The van der Waals surface area contributed by atoms with Gasteiger partial charge in [0.1, 0.15) is 5.75 Å². The molecule has 0 unspecified atom stereocenters. The molecule has 0 saturated carbocycles. The summed E-state index contributed by atoms with van der Waals surface area (Å²) in [7, 11) is 0. The molecule has 0 aromatic heterocycles. The fraction of sp³-hybridized carbons (Fsp3) is 0.605. The Hall–Kier alpha value is -3.83. The van der Waals surface area contributed by atoms with Gasteiger partial charge in [-0.3, -0.25) is 4.79 Å². The minimum Gasteiger partial charge on any atom is -0.507 e. The summed E-state index contributed by atoms with van der Waals surface area (Å²) in [6.45, 7) is 10.1. The molecule has 266 valence electrons. The van der Waals surface area contributed by atoms with Crippen LogP contribution >= 0.6 is 0 Å². The van der Waals surface area contributed by atoms with Crippen LogP contribution < -0.4 is 5.32 Å². The summed E-state index contributed by atoms with van der Waals surface area (Å²) in [5.41, 5.74) is 3.68. The van der Waals surface area contributed by atoms with E-state index in [4.69, 9.17) is 4.74 Å². The van der Waals surface area contributed by atoms with Crippen molar-refractivity contribution in [1.82, 2.24) is 19.6 Å². The second-order valence-electron chi connectivity index (χ2n) is 14.6. The summed E-state index contributed by atoms with van der Waals surface area (Å²) < 4.78 is 6.06. The highest BCUT2D eigenvalue weighted by Crippen LogP contribution is 2.30. The maximum atomic E-state index is 14.1. The lowest BCUT2D eigenvalue weighted by Crippen LogP contribution is -2.54. The Morgan fingerprint density at radius 2 is 1.53 bits per heavy atom. The number of aromatic hydroxyl groups is 1. The third kappa shape index (κ3) is 7.99. The SMILES string of the molecule is CCC1(O)CCN(C2CCN(C(=O)[C@@H](Cc3cc(C)c(O)c(C)c3)OC(=O)N3CCC(N4CCc5ccccc5NC4=O)CC3)CC2)CC1. The molecule has 3 saturated heterocycles. The van der Waals surface area contributed by atoms with Gasteiger partial charge < -0.3 is 39.9 Å². The predicted octanol–water partition coefficient (Wildman–Crippen LogP) is 4.84. The molecular formula is C38H53N5O6. The number of hydrogen-bond acceptors (Lipinski definition) is 7. The van der Waals surface area contributed by atoms with Gasteiger partial charge in [0.15, 0.2) is 6.10 Å². The summed E-state index contributed by atoms with van der Waals surface area (Å²) in [6, 6.07) is 11.9. The minimum atomic E-state index is -0.991. The number of para-hydroxylation sites is 1. The second kappa shape index (κ2) is 15.0. The number of carbonyl (C=O) groups is 3. The molecule has 4 amide bonds. The molecule has 0 radical (unpaired) electrons. The third-order valence-corrected chi connectivity index (χ3v) is 11.5. The number of urea groups is 1. The summed E-state index contributed by atoms with van der Waals surface area (Å²) in [5, 5.41) is 24.1. The van der Waals surface area contributed by atoms with Crippen LogP contribution in [0.4, 0.5) is 15.3 Å². The largest absolute Gasteiger partial charge is 0.507 e. The molecule has 11 nitrogen and oxygen atoms in total. The lowest BCUT2D eigenvalue weighted by atomic mass is 9.87. The standard InChI is InChI=1S/C38H53N5O6/c1-4-38(48)14-21-40(22-15-38)30-10-16-41(17-11-30)35(45)33(25-28-23-26(2)34(44)27(3)24-28)49-37(47)42-18-12-31(13-19-42)43-20-9-29-7-5-6-8-32(29)39-36(43)46/h5-8,23-24,30-31,33,44,48H,4,9-22,25H2,1-3H3,(H,39,46)/t33-/m1/s1. The number of aliphatic hydroxyl groups is 1. The number of carbonyl (C=O) groups excluding carboxylic acids is 3. The van der Waals surface area contributed by atoms with Crippen molar-refractivity contribution in [3.63, 3.8) is 0 Å². The fourth-order valence-electron chi connectivity index (χ4n) is 8.17. The number of phenolic OH excluding ortho intramolecular Hbond substituents is 1. The number of hydrogen-bond donors (Lipinski definition) is 3. The number of nitrogens with one attached hydrogen (secondary N) is 1. The molecule has 11 heteroatoms. The van der Waals surface area contributed by atoms with E-state index in [-0.39, 0.29) is 30.2 Å². The van der Waals surface area contributed by atoms with Crippen molar-refractivity contribution in [2.45, 2.75) is 102 Å². The van der Waals surface area contributed by atoms with Crippen molar-refractivity contribution in [3.05, 3.63) is 58.7 Å². The molecule has 1 atom stereocenters. The highest BCUT2D eigenvalue weighted by atomic mass is 16.6. The van der Waals surface area contributed by atoms with Crippen molar-refractivity contribution in [2.75, 3.05) is 51.1 Å². The van der Waals surface area contributed by atoms with Crippen LogP contribution in [0.15, 0.2) is 36.4 Å². The molecular weight excluding hydrogens is 622 g/mol. The smallest absolute Gasteiger partial charge is 0.410 e. The van der Waals surface area contributed by atoms with Gasteiger partial charge in [-0.05, 0) is 93.5 Å². The maximum Gasteiger partial charge on any atom is 0.410 e. The molecule has 3 N–H and O–H groups in total. The quantitative estimate of drug-likeness (QED) is 0.384. The molecule has 4 aliphatic rings. The molecule has 4 heterocycles. The number of phenols is 1. The first kappa shape index (κ1) is 35.0. The van der Waals surface area contributed by atoms with E-state index < -0.39 is 17.8 Å². The van der Waals surface area contributed by atoms with Gasteiger partial charge >= 0.3 is 12.1 Å². The number of benzene rings is 2. The average Bonchev–Trinajstić information content (AvgIpc) is 3.28. The number of fused-ring (bicyclic) bond motifs is 1. The zero-order valence-corrected chi connectivity index (χ0v) is 29.3. The number of piperidine rings is 3. The molecule has 4 aliphatic heterocycles. The van der Waals surface area contributed by atoms with E-state index in [1.165, 1.54) is 0 Å². The first-order valence-electron chi connectivity index (χ1n) is 18.2. The predicted molar refractivity (Wildman–Crippen MR) is 188 cm³/mol. The van der Waals surface area contributed by atoms with Crippen molar-refractivity contribution in [3.8, 4) is 5.75 Å². The van der Waals surface area contributed by atoms with Gasteiger partial charge in [0.2, 0.25) is 0 Å². The van der Waals surface area contributed by atoms with Crippen LogP contribution in [0, 0.1) is 13.8 Å². The van der Waals surface area contributed by atoms with E-state index in [0.717, 1.165) is 68.4 Å². The van der Waals surface area contributed by atoms with Gasteiger partial charge in [0, 0.05) is 70.0 Å². The molecule has 6 rings (SSSR count). The topological polar surface area (TPSA) is 126 Å². The number of amides is 4. The maximum absolute atomic E-state index is 14.1. The minimum absolute atomic E-state index is 0.00991. The van der Waals surface area contributed by atoms with Crippen LogP contribution in [-0.2, 0) is 22.4 Å². The van der Waals surface area contributed by atoms with Gasteiger partial charge in [-0.15, -0.1) is 0 Å².